The molecule has 8 heteroatoms. The van der Waals surface area contributed by atoms with Gasteiger partial charge in [-0.2, -0.15) is 4.40 Å². The number of thiazole rings is 1. The van der Waals surface area contributed by atoms with Crippen LogP contribution in [0, 0.1) is 5.92 Å². The van der Waals surface area contributed by atoms with E-state index in [-0.39, 0.29) is 18.0 Å². The predicted octanol–water partition coefficient (Wildman–Crippen LogP) is 2.91. The van der Waals surface area contributed by atoms with Crippen LogP contribution in [0.2, 0.25) is 0 Å². The van der Waals surface area contributed by atoms with Gasteiger partial charge in [0.2, 0.25) is 0 Å². The topological polar surface area (TPSA) is 88.9 Å². The van der Waals surface area contributed by atoms with Crippen molar-refractivity contribution < 1.29 is 18.8 Å². The molecule has 0 aliphatic heterocycles. The van der Waals surface area contributed by atoms with Crippen LogP contribution in [-0.4, -0.2) is 37.8 Å². The molecule has 0 aliphatic carbocycles. The fraction of sp³-hybridized carbons (Fsp3) is 0.667. The number of carbonyl (C=O) groups excluding carboxylic acids is 1. The van der Waals surface area contributed by atoms with Crippen molar-refractivity contribution in [3.05, 3.63) is 16.1 Å². The lowest BCUT2D eigenvalue weighted by Crippen LogP contribution is -2.23. The molecule has 1 heterocycles. The minimum Gasteiger partial charge on any atom is -0.464 e. The Labute approximate surface area is 143 Å². The van der Waals surface area contributed by atoms with Crippen LogP contribution in [-0.2, 0) is 15.7 Å². The van der Waals surface area contributed by atoms with Crippen LogP contribution in [0.25, 0.3) is 0 Å². The number of aliphatic hydroxyl groups is 1. The van der Waals surface area contributed by atoms with Crippen molar-refractivity contribution in [1.29, 1.82) is 0 Å². The Morgan fingerprint density at radius 2 is 2.09 bits per heavy atom. The van der Waals surface area contributed by atoms with E-state index in [0.717, 1.165) is 0 Å². The lowest BCUT2D eigenvalue weighted by molar-refractivity contribution is 0.0594. The smallest absolute Gasteiger partial charge is 0.357 e. The number of ether oxygens (including phenoxy) is 1. The van der Waals surface area contributed by atoms with Crippen LogP contribution in [0.4, 0.5) is 0 Å². The minimum atomic E-state index is -1.38. The molecule has 0 spiro atoms. The molecule has 1 N–H and O–H groups in total. The molecule has 130 valence electrons. The van der Waals surface area contributed by atoms with E-state index in [2.05, 4.69) is 14.1 Å². The van der Waals surface area contributed by atoms with E-state index in [1.165, 1.54) is 18.4 Å². The maximum atomic E-state index is 12.2. The SMILES string of the molecule is COC(=O)c1csc([C@H](O)CC(=N[S@](=O)C(C)(C)C)C(C)C)n1. The molecule has 23 heavy (non-hydrogen) atoms. The van der Waals surface area contributed by atoms with Crippen molar-refractivity contribution >= 4 is 34.0 Å². The van der Waals surface area contributed by atoms with E-state index in [1.807, 2.05) is 34.6 Å². The largest absolute Gasteiger partial charge is 0.464 e. The van der Waals surface area contributed by atoms with E-state index in [1.54, 1.807) is 5.38 Å². The van der Waals surface area contributed by atoms with Gasteiger partial charge in [-0.3, -0.25) is 0 Å². The van der Waals surface area contributed by atoms with Gasteiger partial charge in [0, 0.05) is 17.5 Å². The number of aliphatic hydroxyl groups excluding tert-OH is 1. The Hall–Kier alpha value is -1.12. The first-order valence-electron chi connectivity index (χ1n) is 7.27. The highest BCUT2D eigenvalue weighted by Gasteiger charge is 2.23. The van der Waals surface area contributed by atoms with Gasteiger partial charge in [0.15, 0.2) is 5.69 Å². The summed E-state index contributed by atoms with van der Waals surface area (Å²) >= 11 is 1.19. The van der Waals surface area contributed by atoms with Gasteiger partial charge >= 0.3 is 5.97 Å². The quantitative estimate of drug-likeness (QED) is 0.622. The number of rotatable bonds is 6. The summed E-state index contributed by atoms with van der Waals surface area (Å²) in [6.45, 7) is 9.43. The number of aromatic nitrogens is 1. The molecule has 1 rings (SSSR count). The molecule has 1 aromatic rings. The Morgan fingerprint density at radius 1 is 1.48 bits per heavy atom. The maximum absolute atomic E-state index is 12.2. The number of nitrogens with zero attached hydrogens (tertiary/aromatic N) is 2. The minimum absolute atomic E-state index is 0.0518. The average molecular weight is 361 g/mol. The Balaban J connectivity index is 2.92. The molecule has 1 aromatic heterocycles. The second-order valence-electron chi connectivity index (χ2n) is 6.38. The number of methoxy groups -OCH3 is 1. The monoisotopic (exact) mass is 360 g/mol. The second kappa shape index (κ2) is 8.12. The molecule has 0 bridgehead atoms. The van der Waals surface area contributed by atoms with Gasteiger partial charge in [-0.1, -0.05) is 13.8 Å². The van der Waals surface area contributed by atoms with Crippen molar-refractivity contribution in [1.82, 2.24) is 4.98 Å². The first-order valence-corrected chi connectivity index (χ1v) is 9.26. The molecule has 0 radical (unpaired) electrons. The third-order valence-electron chi connectivity index (χ3n) is 2.99. The van der Waals surface area contributed by atoms with Crippen molar-refractivity contribution in [2.24, 2.45) is 10.3 Å². The van der Waals surface area contributed by atoms with Gasteiger partial charge in [0.05, 0.1) is 11.9 Å². The maximum Gasteiger partial charge on any atom is 0.357 e. The van der Waals surface area contributed by atoms with Crippen molar-refractivity contribution in [3.63, 3.8) is 0 Å². The van der Waals surface area contributed by atoms with Crippen LogP contribution in [0.5, 0.6) is 0 Å². The van der Waals surface area contributed by atoms with Gasteiger partial charge in [0.1, 0.15) is 22.1 Å². The van der Waals surface area contributed by atoms with E-state index in [0.29, 0.717) is 10.7 Å². The first kappa shape index (κ1) is 19.9. The zero-order chi connectivity index (χ0) is 17.8. The normalized spacial score (nSPS) is 15.6. The summed E-state index contributed by atoms with van der Waals surface area (Å²) in [5.74, 6) is -0.484. The number of hydrogen-bond acceptors (Lipinski definition) is 6. The Bertz CT molecular complexity index is 603. The van der Waals surface area contributed by atoms with Crippen LogP contribution in [0.15, 0.2) is 9.78 Å². The van der Waals surface area contributed by atoms with E-state index in [9.17, 15) is 14.1 Å². The fourth-order valence-electron chi connectivity index (χ4n) is 1.55. The second-order valence-corrected chi connectivity index (χ2v) is 9.18. The summed E-state index contributed by atoms with van der Waals surface area (Å²) < 4.78 is 20.6. The fourth-order valence-corrected chi connectivity index (χ4v) is 3.09. The summed E-state index contributed by atoms with van der Waals surface area (Å²) in [6.07, 6.45) is -0.662. The third kappa shape index (κ3) is 5.78. The molecule has 0 saturated heterocycles. The van der Waals surface area contributed by atoms with Gasteiger partial charge in [-0.15, -0.1) is 11.3 Å². The summed E-state index contributed by atoms with van der Waals surface area (Å²) in [7, 11) is -0.0977. The lowest BCUT2D eigenvalue weighted by atomic mass is 10.0. The molecule has 0 aromatic carbocycles. The van der Waals surface area contributed by atoms with E-state index < -0.39 is 27.8 Å². The molecular formula is C15H24N2O4S2. The molecule has 0 unspecified atom stereocenters. The van der Waals surface area contributed by atoms with Gasteiger partial charge < -0.3 is 9.84 Å². The zero-order valence-electron chi connectivity index (χ0n) is 14.3. The lowest BCUT2D eigenvalue weighted by Gasteiger charge is -2.18. The average Bonchev–Trinajstić information content (AvgIpc) is 2.94. The van der Waals surface area contributed by atoms with Crippen molar-refractivity contribution in [2.75, 3.05) is 7.11 Å². The van der Waals surface area contributed by atoms with Gasteiger partial charge in [-0.05, 0) is 26.7 Å². The standard InChI is InChI=1S/C15H24N2O4S2/c1-9(2)10(17-23(20)15(3,4)5)7-12(18)13-16-11(8-22-13)14(19)21-6/h8-9,12,18H,7H2,1-6H3/t12-,23-/m1/s1. The van der Waals surface area contributed by atoms with Crippen LogP contribution < -0.4 is 0 Å². The van der Waals surface area contributed by atoms with E-state index in [4.69, 9.17) is 0 Å². The number of carbonyl (C=O) groups is 1. The summed E-state index contributed by atoms with van der Waals surface area (Å²) in [6, 6.07) is 0. The zero-order valence-corrected chi connectivity index (χ0v) is 16.0. The van der Waals surface area contributed by atoms with Crippen molar-refractivity contribution in [3.8, 4) is 0 Å². The highest BCUT2D eigenvalue weighted by molar-refractivity contribution is 7.85. The van der Waals surface area contributed by atoms with Crippen LogP contribution in [0.1, 0.15) is 62.6 Å². The number of esters is 1. The summed E-state index contributed by atoms with van der Waals surface area (Å²) in [5, 5.41) is 12.3. The highest BCUT2D eigenvalue weighted by atomic mass is 32.2. The molecule has 0 amide bonds. The first-order chi connectivity index (χ1) is 10.6. The third-order valence-corrected chi connectivity index (χ3v) is 5.39. The molecule has 2 atom stereocenters. The van der Waals surface area contributed by atoms with Gasteiger partial charge in [0.25, 0.3) is 0 Å². The molecular weight excluding hydrogens is 336 g/mol. The molecule has 6 nitrogen and oxygen atoms in total. The molecule has 0 fully saturated rings. The van der Waals surface area contributed by atoms with Crippen LogP contribution >= 0.6 is 11.3 Å². The van der Waals surface area contributed by atoms with E-state index >= 15 is 0 Å². The molecule has 0 aliphatic rings. The summed E-state index contributed by atoms with van der Waals surface area (Å²) in [5.41, 5.74) is 0.841. The van der Waals surface area contributed by atoms with Gasteiger partial charge in [-0.25, -0.2) is 14.0 Å². The van der Waals surface area contributed by atoms with Crippen molar-refractivity contribution in [2.45, 2.75) is 51.9 Å². The summed E-state index contributed by atoms with van der Waals surface area (Å²) in [4.78, 5) is 15.5. The predicted molar refractivity (Wildman–Crippen MR) is 93.2 cm³/mol. The highest BCUT2D eigenvalue weighted by Crippen LogP contribution is 2.24. The Kier molecular flexibility index (Phi) is 7.03. The Morgan fingerprint density at radius 3 is 2.57 bits per heavy atom. The van der Waals surface area contributed by atoms with Crippen LogP contribution in [0.3, 0.4) is 0 Å². The molecule has 0 saturated carbocycles. The number of hydrogen-bond donors (Lipinski definition) is 1.